The van der Waals surface area contributed by atoms with Gasteiger partial charge in [-0.15, -0.1) is 5.10 Å². The van der Waals surface area contributed by atoms with Crippen LogP contribution in [-0.4, -0.2) is 42.9 Å². The zero-order valence-electron chi connectivity index (χ0n) is 17.6. The first-order valence-electron chi connectivity index (χ1n) is 10.6. The van der Waals surface area contributed by atoms with Crippen LogP contribution >= 0.6 is 12.2 Å². The smallest absolute Gasteiger partial charge is 0.284 e. The minimum absolute atomic E-state index is 0.0694. The van der Waals surface area contributed by atoms with Crippen LogP contribution in [-0.2, 0) is 13.2 Å². The Bertz CT molecular complexity index is 1210. The molecule has 1 unspecified atom stereocenters. The van der Waals surface area contributed by atoms with Crippen molar-refractivity contribution in [2.24, 2.45) is 11.8 Å². The van der Waals surface area contributed by atoms with Crippen molar-refractivity contribution in [3.8, 4) is 0 Å². The molecule has 2 aromatic heterocycles. The van der Waals surface area contributed by atoms with Crippen molar-refractivity contribution in [1.29, 1.82) is 0 Å². The molecule has 1 aliphatic heterocycles. The lowest BCUT2D eigenvalue weighted by Crippen LogP contribution is -2.42. The van der Waals surface area contributed by atoms with Crippen molar-refractivity contribution in [3.63, 3.8) is 0 Å². The van der Waals surface area contributed by atoms with Gasteiger partial charge in [-0.05, 0) is 56.1 Å². The first-order chi connectivity index (χ1) is 14.7. The molecule has 0 saturated carbocycles. The molecule has 0 amide bonds. The number of hydrogen-bond acceptors (Lipinski definition) is 4. The number of alkyl halides is 3. The van der Waals surface area contributed by atoms with E-state index in [-0.39, 0.29) is 25.2 Å². The zero-order valence-corrected chi connectivity index (χ0v) is 18.4. The van der Waals surface area contributed by atoms with Crippen molar-refractivity contribution < 1.29 is 13.2 Å². The van der Waals surface area contributed by atoms with Crippen LogP contribution in [0.15, 0.2) is 29.1 Å². The molecular formula is C21H26F3N5OS. The second-order valence-electron chi connectivity index (χ2n) is 8.67. The minimum atomic E-state index is -4.20. The first-order valence-corrected chi connectivity index (χ1v) is 11.0. The van der Waals surface area contributed by atoms with Crippen molar-refractivity contribution in [1.82, 2.24) is 23.6 Å². The third kappa shape index (κ3) is 4.27. The lowest BCUT2D eigenvalue weighted by molar-refractivity contribution is -0.188. The van der Waals surface area contributed by atoms with Gasteiger partial charge in [-0.3, -0.25) is 18.7 Å². The molecule has 1 atom stereocenters. The summed E-state index contributed by atoms with van der Waals surface area (Å²) in [6.07, 6.45) is -2.78. The number of piperidine rings is 1. The Morgan fingerprint density at radius 2 is 2.00 bits per heavy atom. The Labute approximate surface area is 182 Å². The van der Waals surface area contributed by atoms with Gasteiger partial charge in [0.15, 0.2) is 0 Å². The highest BCUT2D eigenvalue weighted by molar-refractivity contribution is 7.71. The fourth-order valence-electron chi connectivity index (χ4n) is 4.19. The van der Waals surface area contributed by atoms with Crippen LogP contribution in [0.25, 0.3) is 16.7 Å². The number of para-hydroxylation sites is 1. The average molecular weight is 454 g/mol. The van der Waals surface area contributed by atoms with Crippen LogP contribution in [0.1, 0.15) is 33.1 Å². The molecule has 0 N–H and O–H groups in total. The van der Waals surface area contributed by atoms with Gasteiger partial charge in [0.2, 0.25) is 10.5 Å². The normalized spacial score (nSPS) is 18.5. The van der Waals surface area contributed by atoms with Crippen LogP contribution < -0.4 is 5.56 Å². The number of nitrogens with zero attached hydrogens (tertiary/aromatic N) is 5. The largest absolute Gasteiger partial charge is 0.393 e. The quantitative estimate of drug-likeness (QED) is 0.536. The number of likely N-dealkylation sites (tertiary alicyclic amines) is 1. The number of aryl methyl sites for hydroxylation is 1. The molecule has 3 aromatic rings. The molecule has 1 aromatic carbocycles. The van der Waals surface area contributed by atoms with E-state index < -0.39 is 12.1 Å². The number of fused-ring (bicyclic) bond motifs is 3. The van der Waals surface area contributed by atoms with Crippen LogP contribution in [0.2, 0.25) is 0 Å². The molecule has 168 valence electrons. The molecule has 6 nitrogen and oxygen atoms in total. The summed E-state index contributed by atoms with van der Waals surface area (Å²) in [5.74, 6) is -0.507. The molecular weight excluding hydrogens is 427 g/mol. The maximum absolute atomic E-state index is 13.2. The van der Waals surface area contributed by atoms with Crippen LogP contribution in [0.3, 0.4) is 0 Å². The summed E-state index contributed by atoms with van der Waals surface area (Å²) in [6.45, 7) is 5.32. The molecule has 0 radical (unpaired) electrons. The Morgan fingerprint density at radius 3 is 2.71 bits per heavy atom. The molecule has 1 aliphatic rings. The van der Waals surface area contributed by atoms with Crippen LogP contribution in [0.4, 0.5) is 13.2 Å². The summed E-state index contributed by atoms with van der Waals surface area (Å²) in [7, 11) is 0. The summed E-state index contributed by atoms with van der Waals surface area (Å²) >= 11 is 5.66. The molecule has 10 heteroatoms. The molecule has 31 heavy (non-hydrogen) atoms. The van der Waals surface area contributed by atoms with E-state index >= 15 is 0 Å². The fourth-order valence-corrected chi connectivity index (χ4v) is 4.47. The maximum atomic E-state index is 13.2. The second kappa shape index (κ2) is 8.38. The Morgan fingerprint density at radius 1 is 1.26 bits per heavy atom. The molecule has 0 spiro atoms. The van der Waals surface area contributed by atoms with E-state index in [1.807, 2.05) is 12.1 Å². The van der Waals surface area contributed by atoms with Crippen LogP contribution in [0.5, 0.6) is 0 Å². The molecule has 4 rings (SSSR count). The Balaban J connectivity index is 1.79. The Hall–Kier alpha value is -2.20. The van der Waals surface area contributed by atoms with Gasteiger partial charge in [-0.25, -0.2) is 4.68 Å². The third-order valence-electron chi connectivity index (χ3n) is 5.92. The molecule has 1 fully saturated rings. The molecule has 0 aliphatic carbocycles. The fraction of sp³-hybridized carbons (Fsp3) is 0.571. The van der Waals surface area contributed by atoms with Gasteiger partial charge in [0.25, 0.3) is 5.56 Å². The number of halogens is 3. The maximum Gasteiger partial charge on any atom is 0.393 e. The van der Waals surface area contributed by atoms with E-state index in [0.717, 1.165) is 6.42 Å². The van der Waals surface area contributed by atoms with Gasteiger partial charge in [0.1, 0.15) is 0 Å². The second-order valence-corrected chi connectivity index (χ2v) is 9.04. The summed E-state index contributed by atoms with van der Waals surface area (Å²) < 4.78 is 44.9. The highest BCUT2D eigenvalue weighted by Crippen LogP contribution is 2.33. The number of benzene rings is 1. The van der Waals surface area contributed by atoms with Crippen LogP contribution in [0, 0.1) is 16.6 Å². The third-order valence-corrected chi connectivity index (χ3v) is 6.31. The minimum Gasteiger partial charge on any atom is -0.284 e. The van der Waals surface area contributed by atoms with Gasteiger partial charge in [0.05, 0.1) is 23.5 Å². The van der Waals surface area contributed by atoms with E-state index in [2.05, 4.69) is 18.9 Å². The summed E-state index contributed by atoms with van der Waals surface area (Å²) in [4.78, 5) is 14.9. The molecule has 0 bridgehead atoms. The van der Waals surface area contributed by atoms with Crippen molar-refractivity contribution in [3.05, 3.63) is 39.4 Å². The average Bonchev–Trinajstić information content (AvgIpc) is 3.03. The summed E-state index contributed by atoms with van der Waals surface area (Å²) in [5, 5.41) is 5.14. The van der Waals surface area contributed by atoms with Crippen molar-refractivity contribution >= 4 is 28.9 Å². The standard InChI is InChI=1S/C21H26F3N5OS/c1-14(2)9-11-27-18(30)16-7-3-4-8-17(16)29-19(27)25-28(20(29)31)13-26-10-5-6-15(12-26)21(22,23)24/h3-4,7-8,14-15H,5-6,9-13H2,1-2H3. The zero-order chi connectivity index (χ0) is 22.3. The van der Waals surface area contributed by atoms with E-state index in [9.17, 15) is 18.0 Å². The van der Waals surface area contributed by atoms with E-state index in [0.29, 0.717) is 46.9 Å². The van der Waals surface area contributed by atoms with Gasteiger partial charge in [0, 0.05) is 13.1 Å². The van der Waals surface area contributed by atoms with E-state index in [1.165, 1.54) is 0 Å². The summed E-state index contributed by atoms with van der Waals surface area (Å²) in [5.41, 5.74) is 0.525. The van der Waals surface area contributed by atoms with Gasteiger partial charge < -0.3 is 0 Å². The Kier molecular flexibility index (Phi) is 5.95. The van der Waals surface area contributed by atoms with Crippen molar-refractivity contribution in [2.45, 2.75) is 52.5 Å². The lowest BCUT2D eigenvalue weighted by Gasteiger charge is -2.33. The predicted octanol–water partition coefficient (Wildman–Crippen LogP) is 4.46. The number of aromatic nitrogens is 4. The predicted molar refractivity (Wildman–Crippen MR) is 116 cm³/mol. The highest BCUT2D eigenvalue weighted by atomic mass is 32.1. The monoisotopic (exact) mass is 453 g/mol. The van der Waals surface area contributed by atoms with Gasteiger partial charge in [-0.2, -0.15) is 13.2 Å². The first kappa shape index (κ1) is 22.0. The SMILES string of the molecule is CC(C)CCn1c(=O)c2ccccc2n2c(=S)n(CN3CCCC(C(F)(F)F)C3)nc12. The topological polar surface area (TPSA) is 47.5 Å². The molecule has 1 saturated heterocycles. The van der Waals surface area contributed by atoms with Gasteiger partial charge >= 0.3 is 6.18 Å². The lowest BCUT2D eigenvalue weighted by atomic mass is 9.98. The van der Waals surface area contributed by atoms with E-state index in [1.54, 1.807) is 30.7 Å². The number of hydrogen-bond donors (Lipinski definition) is 0. The summed E-state index contributed by atoms with van der Waals surface area (Å²) in [6, 6.07) is 7.22. The molecule has 3 heterocycles. The number of rotatable bonds is 5. The van der Waals surface area contributed by atoms with Gasteiger partial charge in [-0.1, -0.05) is 26.0 Å². The van der Waals surface area contributed by atoms with E-state index in [4.69, 9.17) is 12.2 Å². The highest BCUT2D eigenvalue weighted by Gasteiger charge is 2.41. The van der Waals surface area contributed by atoms with Crippen molar-refractivity contribution in [2.75, 3.05) is 13.1 Å².